The Labute approximate surface area is 104 Å². The average Bonchev–Trinajstić information content (AvgIpc) is 2.71. The second-order valence-corrected chi connectivity index (χ2v) is 4.58. The molecule has 0 saturated carbocycles. The van der Waals surface area contributed by atoms with Crippen LogP contribution >= 0.6 is 0 Å². The highest BCUT2D eigenvalue weighted by Crippen LogP contribution is 2.26. The number of hydrogen-bond donors (Lipinski definition) is 2. The summed E-state index contributed by atoms with van der Waals surface area (Å²) in [5.41, 5.74) is 5.33. The van der Waals surface area contributed by atoms with Crippen molar-refractivity contribution >= 4 is 17.7 Å². The van der Waals surface area contributed by atoms with Crippen molar-refractivity contribution in [1.29, 1.82) is 0 Å². The molecule has 0 bridgehead atoms. The molecule has 0 aromatic carbocycles. The number of nitrogens with zero attached hydrogens (tertiary/aromatic N) is 2. The SMILES string of the molecule is C[C@@H]1CN(c2cccc(C(=O)O)n2)C[C@H]1C(N)=O. The first-order valence-corrected chi connectivity index (χ1v) is 5.73. The van der Waals surface area contributed by atoms with Crippen LogP contribution in [0.15, 0.2) is 18.2 Å². The van der Waals surface area contributed by atoms with Crippen LogP contribution in [0.1, 0.15) is 17.4 Å². The van der Waals surface area contributed by atoms with E-state index < -0.39 is 5.97 Å². The van der Waals surface area contributed by atoms with Gasteiger partial charge in [-0.3, -0.25) is 4.79 Å². The highest BCUT2D eigenvalue weighted by atomic mass is 16.4. The number of hydrogen-bond acceptors (Lipinski definition) is 4. The molecule has 0 spiro atoms. The molecular formula is C12H15N3O3. The van der Waals surface area contributed by atoms with Gasteiger partial charge in [-0.1, -0.05) is 13.0 Å². The third-order valence-corrected chi connectivity index (χ3v) is 3.26. The molecule has 0 aliphatic carbocycles. The molecular weight excluding hydrogens is 234 g/mol. The minimum absolute atomic E-state index is 0.00248. The summed E-state index contributed by atoms with van der Waals surface area (Å²) in [7, 11) is 0. The van der Waals surface area contributed by atoms with Crippen LogP contribution in [-0.2, 0) is 4.79 Å². The molecule has 2 rings (SSSR count). The highest BCUT2D eigenvalue weighted by Gasteiger charge is 2.34. The largest absolute Gasteiger partial charge is 0.477 e. The molecule has 3 N–H and O–H groups in total. The first kappa shape index (κ1) is 12.3. The van der Waals surface area contributed by atoms with Gasteiger partial charge in [-0.15, -0.1) is 0 Å². The number of pyridine rings is 1. The van der Waals surface area contributed by atoms with E-state index in [9.17, 15) is 9.59 Å². The molecule has 1 fully saturated rings. The molecule has 6 heteroatoms. The topological polar surface area (TPSA) is 96.5 Å². The molecule has 18 heavy (non-hydrogen) atoms. The molecule has 6 nitrogen and oxygen atoms in total. The first-order valence-electron chi connectivity index (χ1n) is 5.73. The van der Waals surface area contributed by atoms with E-state index in [0.29, 0.717) is 18.9 Å². The number of nitrogens with two attached hydrogens (primary N) is 1. The minimum atomic E-state index is -1.06. The van der Waals surface area contributed by atoms with E-state index in [1.54, 1.807) is 12.1 Å². The Kier molecular flexibility index (Phi) is 3.18. The van der Waals surface area contributed by atoms with Crippen LogP contribution in [0.3, 0.4) is 0 Å². The Morgan fingerprint density at radius 2 is 2.17 bits per heavy atom. The van der Waals surface area contributed by atoms with E-state index in [4.69, 9.17) is 10.8 Å². The van der Waals surface area contributed by atoms with Crippen molar-refractivity contribution in [2.45, 2.75) is 6.92 Å². The summed E-state index contributed by atoms with van der Waals surface area (Å²) in [6, 6.07) is 4.83. The lowest BCUT2D eigenvalue weighted by Crippen LogP contribution is -2.29. The number of primary amides is 1. The van der Waals surface area contributed by atoms with Crippen LogP contribution in [0.5, 0.6) is 0 Å². The van der Waals surface area contributed by atoms with Crippen molar-refractivity contribution in [3.63, 3.8) is 0 Å². The average molecular weight is 249 g/mol. The molecule has 1 aromatic rings. The number of carboxylic acids is 1. The van der Waals surface area contributed by atoms with Gasteiger partial charge in [0.2, 0.25) is 5.91 Å². The molecule has 1 aromatic heterocycles. The number of aromatic carboxylic acids is 1. The third kappa shape index (κ3) is 2.27. The van der Waals surface area contributed by atoms with Gasteiger partial charge in [-0.2, -0.15) is 0 Å². The van der Waals surface area contributed by atoms with Gasteiger partial charge in [0.25, 0.3) is 0 Å². The fraction of sp³-hybridized carbons (Fsp3) is 0.417. The summed E-state index contributed by atoms with van der Waals surface area (Å²) in [5.74, 6) is -0.862. The number of aromatic nitrogens is 1. The van der Waals surface area contributed by atoms with Gasteiger partial charge in [0, 0.05) is 13.1 Å². The zero-order valence-corrected chi connectivity index (χ0v) is 10.0. The van der Waals surface area contributed by atoms with E-state index >= 15 is 0 Å². The van der Waals surface area contributed by atoms with E-state index in [1.165, 1.54) is 6.07 Å². The summed E-state index contributed by atoms with van der Waals surface area (Å²) in [6.45, 7) is 3.10. The van der Waals surface area contributed by atoms with Crippen LogP contribution in [0.25, 0.3) is 0 Å². The second kappa shape index (κ2) is 4.64. The lowest BCUT2D eigenvalue weighted by atomic mass is 9.98. The fourth-order valence-corrected chi connectivity index (χ4v) is 2.24. The van der Waals surface area contributed by atoms with Gasteiger partial charge in [-0.05, 0) is 18.1 Å². The van der Waals surface area contributed by atoms with E-state index in [0.717, 1.165) is 0 Å². The zero-order chi connectivity index (χ0) is 13.3. The molecule has 0 radical (unpaired) electrons. The molecule has 96 valence electrons. The van der Waals surface area contributed by atoms with Crippen LogP contribution in [-0.4, -0.2) is 35.1 Å². The Hall–Kier alpha value is -2.11. The number of anilines is 1. The number of carbonyl (C=O) groups excluding carboxylic acids is 1. The van der Waals surface area contributed by atoms with E-state index in [1.807, 2.05) is 11.8 Å². The molecule has 1 saturated heterocycles. The number of carboxylic acid groups (broad SMARTS) is 1. The maximum absolute atomic E-state index is 11.2. The summed E-state index contributed by atoms with van der Waals surface area (Å²) >= 11 is 0. The van der Waals surface area contributed by atoms with Crippen molar-refractivity contribution in [2.75, 3.05) is 18.0 Å². The van der Waals surface area contributed by atoms with Crippen LogP contribution < -0.4 is 10.6 Å². The summed E-state index contributed by atoms with van der Waals surface area (Å²) in [5, 5.41) is 8.89. The van der Waals surface area contributed by atoms with Gasteiger partial charge in [0.05, 0.1) is 5.92 Å². The Bertz CT molecular complexity index is 489. The molecule has 2 atom stereocenters. The van der Waals surface area contributed by atoms with Gasteiger partial charge in [0.1, 0.15) is 5.82 Å². The smallest absolute Gasteiger partial charge is 0.354 e. The molecule has 1 aliphatic heterocycles. The summed E-state index contributed by atoms with van der Waals surface area (Å²) in [6.07, 6.45) is 0. The van der Waals surface area contributed by atoms with Crippen LogP contribution in [0, 0.1) is 11.8 Å². The van der Waals surface area contributed by atoms with Gasteiger partial charge in [0.15, 0.2) is 5.69 Å². The van der Waals surface area contributed by atoms with Crippen molar-refractivity contribution in [1.82, 2.24) is 4.98 Å². The molecule has 1 aliphatic rings. The van der Waals surface area contributed by atoms with E-state index in [-0.39, 0.29) is 23.4 Å². The first-order chi connectivity index (χ1) is 8.49. The summed E-state index contributed by atoms with van der Waals surface area (Å²) in [4.78, 5) is 28.0. The summed E-state index contributed by atoms with van der Waals surface area (Å²) < 4.78 is 0. The molecule has 2 heterocycles. The minimum Gasteiger partial charge on any atom is -0.477 e. The normalized spacial score (nSPS) is 23.1. The van der Waals surface area contributed by atoms with Crippen molar-refractivity contribution in [3.8, 4) is 0 Å². The predicted octanol–water partition coefficient (Wildman–Crippen LogP) is 0.337. The van der Waals surface area contributed by atoms with Gasteiger partial charge < -0.3 is 15.7 Å². The Morgan fingerprint density at radius 3 is 2.72 bits per heavy atom. The monoisotopic (exact) mass is 249 g/mol. The maximum Gasteiger partial charge on any atom is 0.354 e. The third-order valence-electron chi connectivity index (χ3n) is 3.26. The van der Waals surface area contributed by atoms with Gasteiger partial charge in [-0.25, -0.2) is 9.78 Å². The Balaban J connectivity index is 2.21. The zero-order valence-electron chi connectivity index (χ0n) is 10.0. The number of amides is 1. The molecule has 0 unspecified atom stereocenters. The van der Waals surface area contributed by atoms with Gasteiger partial charge >= 0.3 is 5.97 Å². The highest BCUT2D eigenvalue weighted by molar-refractivity contribution is 5.85. The van der Waals surface area contributed by atoms with Crippen LogP contribution in [0.2, 0.25) is 0 Å². The lowest BCUT2D eigenvalue weighted by molar-refractivity contribution is -0.122. The van der Waals surface area contributed by atoms with E-state index in [2.05, 4.69) is 4.98 Å². The predicted molar refractivity (Wildman–Crippen MR) is 65.3 cm³/mol. The Morgan fingerprint density at radius 1 is 1.44 bits per heavy atom. The fourth-order valence-electron chi connectivity index (χ4n) is 2.24. The maximum atomic E-state index is 11.2. The number of carbonyl (C=O) groups is 2. The quantitative estimate of drug-likeness (QED) is 0.805. The standard InChI is InChI=1S/C12H15N3O3/c1-7-5-15(6-8(7)11(13)16)10-4-2-3-9(14-10)12(17)18/h2-4,7-8H,5-6H2,1H3,(H2,13,16)(H,17,18)/t7-,8-/m1/s1. The van der Waals surface area contributed by atoms with Crippen molar-refractivity contribution < 1.29 is 14.7 Å². The van der Waals surface area contributed by atoms with Crippen LogP contribution in [0.4, 0.5) is 5.82 Å². The lowest BCUT2D eigenvalue weighted by Gasteiger charge is -2.17. The second-order valence-electron chi connectivity index (χ2n) is 4.58. The molecule has 1 amide bonds. The van der Waals surface area contributed by atoms with Crippen molar-refractivity contribution in [2.24, 2.45) is 17.6 Å². The van der Waals surface area contributed by atoms with Crippen molar-refractivity contribution in [3.05, 3.63) is 23.9 Å². The number of rotatable bonds is 3.